The summed E-state index contributed by atoms with van der Waals surface area (Å²) >= 11 is 0. The minimum absolute atomic E-state index is 0.0828. The second-order valence-electron chi connectivity index (χ2n) is 4.26. The molecule has 0 unspecified atom stereocenters. The topological polar surface area (TPSA) is 65.5 Å². The summed E-state index contributed by atoms with van der Waals surface area (Å²) < 4.78 is 13.0. The maximum absolute atomic E-state index is 13.0. The quantitative estimate of drug-likeness (QED) is 0.538. The molecular formula is C14H21FN4O. The Balaban J connectivity index is 2.35. The van der Waals surface area contributed by atoms with Gasteiger partial charge in [-0.05, 0) is 24.1 Å². The molecule has 0 fully saturated rings. The fraction of sp³-hybridized carbons (Fsp3) is 0.429. The number of halogens is 1. The number of hydrogen-bond acceptors (Lipinski definition) is 2. The molecule has 6 heteroatoms. The third-order valence-corrected chi connectivity index (χ3v) is 2.56. The van der Waals surface area contributed by atoms with Crippen LogP contribution in [0.15, 0.2) is 29.3 Å². The maximum Gasteiger partial charge on any atom is 0.239 e. The van der Waals surface area contributed by atoms with Crippen molar-refractivity contribution in [3.63, 3.8) is 0 Å². The van der Waals surface area contributed by atoms with Gasteiger partial charge < -0.3 is 16.0 Å². The largest absolute Gasteiger partial charge is 0.355 e. The fourth-order valence-corrected chi connectivity index (χ4v) is 1.54. The number of carbonyl (C=O) groups excluding carboxylic acids is 1. The Labute approximate surface area is 118 Å². The van der Waals surface area contributed by atoms with Gasteiger partial charge in [0.2, 0.25) is 5.91 Å². The van der Waals surface area contributed by atoms with E-state index in [4.69, 9.17) is 0 Å². The molecule has 0 spiro atoms. The van der Waals surface area contributed by atoms with Crippen molar-refractivity contribution in [3.8, 4) is 0 Å². The van der Waals surface area contributed by atoms with Crippen molar-refractivity contribution in [3.05, 3.63) is 35.6 Å². The van der Waals surface area contributed by atoms with E-state index in [0.29, 0.717) is 19.0 Å². The van der Waals surface area contributed by atoms with Crippen LogP contribution >= 0.6 is 0 Å². The molecule has 1 aromatic rings. The highest BCUT2D eigenvalue weighted by atomic mass is 19.1. The van der Waals surface area contributed by atoms with E-state index in [-0.39, 0.29) is 18.3 Å². The van der Waals surface area contributed by atoms with Crippen LogP contribution in [0.2, 0.25) is 0 Å². The van der Waals surface area contributed by atoms with Crippen LogP contribution in [0.5, 0.6) is 0 Å². The summed E-state index contributed by atoms with van der Waals surface area (Å²) in [7, 11) is 1.62. The third-order valence-electron chi connectivity index (χ3n) is 2.56. The van der Waals surface area contributed by atoms with Crippen molar-refractivity contribution in [2.24, 2.45) is 4.99 Å². The SMILES string of the molecule is CCCNC(=O)CNC(=NC)NCc1cccc(F)c1. The lowest BCUT2D eigenvalue weighted by Crippen LogP contribution is -2.43. The zero-order valence-corrected chi connectivity index (χ0v) is 11.9. The van der Waals surface area contributed by atoms with E-state index in [0.717, 1.165) is 12.0 Å². The predicted molar refractivity (Wildman–Crippen MR) is 77.9 cm³/mol. The van der Waals surface area contributed by atoms with Crippen molar-refractivity contribution in [1.82, 2.24) is 16.0 Å². The van der Waals surface area contributed by atoms with E-state index in [1.165, 1.54) is 12.1 Å². The molecule has 0 heterocycles. The average Bonchev–Trinajstić information content (AvgIpc) is 2.45. The lowest BCUT2D eigenvalue weighted by molar-refractivity contribution is -0.120. The number of guanidine groups is 1. The number of hydrogen-bond donors (Lipinski definition) is 3. The van der Waals surface area contributed by atoms with E-state index in [9.17, 15) is 9.18 Å². The fourth-order valence-electron chi connectivity index (χ4n) is 1.54. The summed E-state index contributed by atoms with van der Waals surface area (Å²) in [5, 5.41) is 8.67. The Morgan fingerprint density at radius 2 is 2.10 bits per heavy atom. The standard InChI is InChI=1S/C14H21FN4O/c1-3-7-17-13(20)10-19-14(16-2)18-9-11-5-4-6-12(15)8-11/h4-6,8H,3,7,9-10H2,1-2H3,(H,17,20)(H2,16,18,19). The Morgan fingerprint density at radius 1 is 1.30 bits per heavy atom. The van der Waals surface area contributed by atoms with Gasteiger partial charge in [0.15, 0.2) is 5.96 Å². The first-order chi connectivity index (χ1) is 9.65. The first kappa shape index (κ1) is 15.9. The van der Waals surface area contributed by atoms with Crippen LogP contribution in [0.4, 0.5) is 4.39 Å². The van der Waals surface area contributed by atoms with Gasteiger partial charge in [0, 0.05) is 20.1 Å². The lowest BCUT2D eigenvalue weighted by Gasteiger charge is -2.12. The first-order valence-corrected chi connectivity index (χ1v) is 6.61. The smallest absolute Gasteiger partial charge is 0.239 e. The van der Waals surface area contributed by atoms with Crippen LogP contribution in [0.3, 0.4) is 0 Å². The van der Waals surface area contributed by atoms with Crippen LogP contribution in [0, 0.1) is 5.82 Å². The molecule has 0 aliphatic rings. The number of amides is 1. The summed E-state index contributed by atoms with van der Waals surface area (Å²) in [4.78, 5) is 15.4. The van der Waals surface area contributed by atoms with Crippen molar-refractivity contribution in [2.45, 2.75) is 19.9 Å². The van der Waals surface area contributed by atoms with Gasteiger partial charge in [-0.3, -0.25) is 9.79 Å². The van der Waals surface area contributed by atoms with Gasteiger partial charge >= 0.3 is 0 Å². The summed E-state index contributed by atoms with van der Waals surface area (Å²) in [6.45, 7) is 3.25. The summed E-state index contributed by atoms with van der Waals surface area (Å²) in [6.07, 6.45) is 0.901. The van der Waals surface area contributed by atoms with Crippen LogP contribution in [-0.2, 0) is 11.3 Å². The molecule has 3 N–H and O–H groups in total. The zero-order valence-electron chi connectivity index (χ0n) is 11.9. The van der Waals surface area contributed by atoms with E-state index in [2.05, 4.69) is 20.9 Å². The number of carbonyl (C=O) groups is 1. The second-order valence-corrected chi connectivity index (χ2v) is 4.26. The number of rotatable bonds is 6. The van der Waals surface area contributed by atoms with Crippen LogP contribution in [0.25, 0.3) is 0 Å². The first-order valence-electron chi connectivity index (χ1n) is 6.61. The molecule has 0 aliphatic heterocycles. The number of aliphatic imine (C=N–C) groups is 1. The molecule has 0 saturated carbocycles. The van der Waals surface area contributed by atoms with E-state index < -0.39 is 0 Å². The normalized spacial score (nSPS) is 11.1. The third kappa shape index (κ3) is 6.17. The highest BCUT2D eigenvalue weighted by Gasteiger charge is 2.03. The molecule has 1 rings (SSSR count). The zero-order chi connectivity index (χ0) is 14.8. The molecule has 110 valence electrons. The summed E-state index contributed by atoms with van der Waals surface area (Å²) in [5.74, 6) is 0.146. The van der Waals surface area contributed by atoms with Crippen molar-refractivity contribution in [2.75, 3.05) is 20.1 Å². The van der Waals surface area contributed by atoms with Crippen molar-refractivity contribution >= 4 is 11.9 Å². The van der Waals surface area contributed by atoms with Gasteiger partial charge in [0.25, 0.3) is 0 Å². The minimum atomic E-state index is -0.272. The molecule has 5 nitrogen and oxygen atoms in total. The molecule has 0 atom stereocenters. The van der Waals surface area contributed by atoms with Crippen molar-refractivity contribution < 1.29 is 9.18 Å². The summed E-state index contributed by atoms with van der Waals surface area (Å²) in [5.41, 5.74) is 0.809. The van der Waals surface area contributed by atoms with Crippen molar-refractivity contribution in [1.29, 1.82) is 0 Å². The molecule has 0 bridgehead atoms. The Kier molecular flexibility index (Phi) is 7.10. The molecule has 1 amide bonds. The second kappa shape index (κ2) is 8.90. The Bertz CT molecular complexity index is 462. The summed E-state index contributed by atoms with van der Waals surface area (Å²) in [6, 6.07) is 6.32. The molecule has 1 aromatic carbocycles. The van der Waals surface area contributed by atoms with Crippen LogP contribution in [0.1, 0.15) is 18.9 Å². The van der Waals surface area contributed by atoms with E-state index in [1.54, 1.807) is 13.1 Å². The van der Waals surface area contributed by atoms with Crippen LogP contribution < -0.4 is 16.0 Å². The average molecular weight is 280 g/mol. The highest BCUT2D eigenvalue weighted by molar-refractivity contribution is 5.86. The number of benzene rings is 1. The molecular weight excluding hydrogens is 259 g/mol. The lowest BCUT2D eigenvalue weighted by atomic mass is 10.2. The molecule has 20 heavy (non-hydrogen) atoms. The van der Waals surface area contributed by atoms with Gasteiger partial charge in [0.05, 0.1) is 6.54 Å². The van der Waals surface area contributed by atoms with Gasteiger partial charge in [-0.2, -0.15) is 0 Å². The maximum atomic E-state index is 13.0. The number of nitrogens with zero attached hydrogens (tertiary/aromatic N) is 1. The monoisotopic (exact) mass is 280 g/mol. The van der Waals surface area contributed by atoms with Gasteiger partial charge in [0.1, 0.15) is 5.82 Å². The molecule has 0 aliphatic carbocycles. The Hall–Kier alpha value is -2.11. The van der Waals surface area contributed by atoms with Gasteiger partial charge in [-0.1, -0.05) is 19.1 Å². The number of nitrogens with one attached hydrogen (secondary N) is 3. The minimum Gasteiger partial charge on any atom is -0.355 e. The van der Waals surface area contributed by atoms with E-state index >= 15 is 0 Å². The Morgan fingerprint density at radius 3 is 2.75 bits per heavy atom. The van der Waals surface area contributed by atoms with Crippen LogP contribution in [-0.4, -0.2) is 32.0 Å². The predicted octanol–water partition coefficient (Wildman–Crippen LogP) is 1.02. The molecule has 0 saturated heterocycles. The van der Waals surface area contributed by atoms with E-state index in [1.807, 2.05) is 13.0 Å². The molecule has 0 aromatic heterocycles. The van der Waals surface area contributed by atoms with Gasteiger partial charge in [-0.25, -0.2) is 4.39 Å². The van der Waals surface area contributed by atoms with Gasteiger partial charge in [-0.15, -0.1) is 0 Å². The highest BCUT2D eigenvalue weighted by Crippen LogP contribution is 2.02. The molecule has 0 radical (unpaired) electrons.